The predicted molar refractivity (Wildman–Crippen MR) is 94.9 cm³/mol. The minimum atomic E-state index is -0.226. The van der Waals surface area contributed by atoms with E-state index in [-0.39, 0.29) is 18.3 Å². The fourth-order valence-corrected chi connectivity index (χ4v) is 3.43. The maximum absolute atomic E-state index is 6.07. The van der Waals surface area contributed by atoms with E-state index in [1.807, 2.05) is 0 Å². The highest BCUT2D eigenvalue weighted by Crippen LogP contribution is 2.37. The van der Waals surface area contributed by atoms with Crippen molar-refractivity contribution in [3.63, 3.8) is 0 Å². The van der Waals surface area contributed by atoms with Gasteiger partial charge in [0.1, 0.15) is 0 Å². The number of hydrogen-bond donors (Lipinski definition) is 0. The Kier molecular flexibility index (Phi) is 6.58. The number of hydrogen-bond acceptors (Lipinski definition) is 2. The molecule has 1 saturated heterocycles. The SMILES string of the molecule is CC1(C)OB(/C=C/C2CCCCCCCCCC2)OC1(C)C. The van der Waals surface area contributed by atoms with E-state index in [1.54, 1.807) is 0 Å². The van der Waals surface area contributed by atoms with E-state index in [9.17, 15) is 0 Å². The van der Waals surface area contributed by atoms with E-state index in [0.29, 0.717) is 5.92 Å². The molecule has 22 heavy (non-hydrogen) atoms. The summed E-state index contributed by atoms with van der Waals surface area (Å²) in [5.41, 5.74) is -0.452. The van der Waals surface area contributed by atoms with E-state index in [2.05, 4.69) is 39.7 Å². The summed E-state index contributed by atoms with van der Waals surface area (Å²) in [6.45, 7) is 8.48. The van der Waals surface area contributed by atoms with Crippen molar-refractivity contribution in [2.45, 2.75) is 103 Å². The second-order valence-electron chi connectivity index (χ2n) is 8.18. The van der Waals surface area contributed by atoms with Crippen LogP contribution in [0.4, 0.5) is 0 Å². The van der Waals surface area contributed by atoms with Gasteiger partial charge in [-0.25, -0.2) is 0 Å². The Balaban J connectivity index is 1.87. The third kappa shape index (κ3) is 5.13. The molecule has 3 heteroatoms. The molecule has 0 bridgehead atoms. The highest BCUT2D eigenvalue weighted by molar-refractivity contribution is 6.51. The zero-order chi connectivity index (χ0) is 16.1. The first-order chi connectivity index (χ1) is 10.4. The largest absolute Gasteiger partial charge is 0.486 e. The average molecular weight is 306 g/mol. The van der Waals surface area contributed by atoms with E-state index in [0.717, 1.165) is 0 Å². The van der Waals surface area contributed by atoms with Crippen LogP contribution in [0.15, 0.2) is 12.1 Å². The van der Waals surface area contributed by atoms with Crippen LogP contribution in [0.25, 0.3) is 0 Å². The minimum absolute atomic E-state index is 0.178. The molecule has 2 aliphatic rings. The lowest BCUT2D eigenvalue weighted by Crippen LogP contribution is -2.41. The number of rotatable bonds is 2. The first-order valence-electron chi connectivity index (χ1n) is 9.45. The molecule has 1 aliphatic heterocycles. The molecular formula is C19H35BO2. The molecule has 2 fully saturated rings. The molecule has 2 rings (SSSR count). The van der Waals surface area contributed by atoms with E-state index in [1.165, 1.54) is 64.2 Å². The monoisotopic (exact) mass is 306 g/mol. The smallest absolute Gasteiger partial charge is 0.400 e. The zero-order valence-corrected chi connectivity index (χ0v) is 15.2. The fourth-order valence-electron chi connectivity index (χ4n) is 3.43. The Morgan fingerprint density at radius 1 is 0.727 bits per heavy atom. The van der Waals surface area contributed by atoms with Crippen molar-refractivity contribution in [2.75, 3.05) is 0 Å². The van der Waals surface area contributed by atoms with Crippen LogP contribution in [0.1, 0.15) is 91.9 Å². The highest BCUT2D eigenvalue weighted by atomic mass is 16.7. The van der Waals surface area contributed by atoms with Gasteiger partial charge in [0, 0.05) is 0 Å². The van der Waals surface area contributed by atoms with Gasteiger partial charge in [-0.15, -0.1) is 0 Å². The van der Waals surface area contributed by atoms with E-state index < -0.39 is 0 Å². The predicted octanol–water partition coefficient (Wildman–Crippen LogP) is 5.70. The third-order valence-corrected chi connectivity index (χ3v) is 5.71. The average Bonchev–Trinajstić information content (AvgIpc) is 2.64. The van der Waals surface area contributed by atoms with Crippen LogP contribution in [0.2, 0.25) is 0 Å². The first-order valence-corrected chi connectivity index (χ1v) is 9.45. The molecule has 2 nitrogen and oxygen atoms in total. The summed E-state index contributed by atoms with van der Waals surface area (Å²) >= 11 is 0. The van der Waals surface area contributed by atoms with Crippen molar-refractivity contribution < 1.29 is 9.31 Å². The van der Waals surface area contributed by atoms with Crippen molar-refractivity contribution in [3.8, 4) is 0 Å². The summed E-state index contributed by atoms with van der Waals surface area (Å²) in [6, 6.07) is 0. The van der Waals surface area contributed by atoms with Crippen molar-refractivity contribution >= 4 is 7.12 Å². The second-order valence-corrected chi connectivity index (χ2v) is 8.18. The molecule has 0 amide bonds. The van der Waals surface area contributed by atoms with Gasteiger partial charge in [0.2, 0.25) is 0 Å². The van der Waals surface area contributed by atoms with Gasteiger partial charge in [0.25, 0.3) is 0 Å². The maximum atomic E-state index is 6.07. The van der Waals surface area contributed by atoms with Gasteiger partial charge in [-0.3, -0.25) is 0 Å². The Labute approximate surface area is 138 Å². The first kappa shape index (κ1) is 18.1. The molecule has 0 radical (unpaired) electrons. The summed E-state index contributed by atoms with van der Waals surface area (Å²) < 4.78 is 12.1. The lowest BCUT2D eigenvalue weighted by molar-refractivity contribution is 0.00578. The summed E-state index contributed by atoms with van der Waals surface area (Å²) in [6.07, 6.45) is 16.3. The fraction of sp³-hybridized carbons (Fsp3) is 0.895. The van der Waals surface area contributed by atoms with Crippen LogP contribution in [-0.2, 0) is 9.31 Å². The topological polar surface area (TPSA) is 18.5 Å². The Bertz CT molecular complexity index is 334. The van der Waals surface area contributed by atoms with Gasteiger partial charge >= 0.3 is 7.12 Å². The molecule has 126 valence electrons. The van der Waals surface area contributed by atoms with E-state index >= 15 is 0 Å². The van der Waals surface area contributed by atoms with Crippen molar-refractivity contribution in [1.29, 1.82) is 0 Å². The van der Waals surface area contributed by atoms with Crippen LogP contribution >= 0.6 is 0 Å². The molecule has 1 heterocycles. The summed E-state index contributed by atoms with van der Waals surface area (Å²) in [7, 11) is -0.178. The third-order valence-electron chi connectivity index (χ3n) is 5.71. The molecule has 0 N–H and O–H groups in total. The summed E-state index contributed by atoms with van der Waals surface area (Å²) in [5.74, 6) is 2.87. The lowest BCUT2D eigenvalue weighted by Gasteiger charge is -2.32. The van der Waals surface area contributed by atoms with E-state index in [4.69, 9.17) is 9.31 Å². The molecular weight excluding hydrogens is 271 g/mol. The van der Waals surface area contributed by atoms with Gasteiger partial charge in [-0.05, 0) is 46.5 Å². The minimum Gasteiger partial charge on any atom is -0.400 e. The van der Waals surface area contributed by atoms with Gasteiger partial charge in [0.05, 0.1) is 11.2 Å². The normalized spacial score (nSPS) is 27.9. The molecule has 1 aliphatic carbocycles. The molecule has 0 aromatic heterocycles. The molecule has 1 saturated carbocycles. The zero-order valence-electron chi connectivity index (χ0n) is 15.2. The molecule has 0 aromatic carbocycles. The molecule has 0 spiro atoms. The van der Waals surface area contributed by atoms with Gasteiger partial charge in [-0.1, -0.05) is 63.4 Å². The second kappa shape index (κ2) is 8.01. The van der Waals surface area contributed by atoms with Crippen LogP contribution in [0.3, 0.4) is 0 Å². The summed E-state index contributed by atoms with van der Waals surface area (Å²) in [5, 5.41) is 0. The van der Waals surface area contributed by atoms with Crippen LogP contribution in [0.5, 0.6) is 0 Å². The molecule has 0 unspecified atom stereocenters. The lowest BCUT2D eigenvalue weighted by atomic mass is 9.85. The summed E-state index contributed by atoms with van der Waals surface area (Å²) in [4.78, 5) is 0. The van der Waals surface area contributed by atoms with Crippen LogP contribution in [-0.4, -0.2) is 18.3 Å². The van der Waals surface area contributed by atoms with Gasteiger partial charge in [-0.2, -0.15) is 0 Å². The molecule has 0 aromatic rings. The van der Waals surface area contributed by atoms with Gasteiger partial charge < -0.3 is 9.31 Å². The van der Waals surface area contributed by atoms with Crippen molar-refractivity contribution in [1.82, 2.24) is 0 Å². The molecule has 0 atom stereocenters. The van der Waals surface area contributed by atoms with Gasteiger partial charge in [0.15, 0.2) is 0 Å². The Morgan fingerprint density at radius 3 is 1.59 bits per heavy atom. The quantitative estimate of drug-likeness (QED) is 0.609. The maximum Gasteiger partial charge on any atom is 0.486 e. The van der Waals surface area contributed by atoms with Crippen molar-refractivity contribution in [3.05, 3.63) is 12.1 Å². The van der Waals surface area contributed by atoms with Crippen LogP contribution in [0, 0.1) is 5.92 Å². The number of allylic oxidation sites excluding steroid dienone is 1. The highest BCUT2D eigenvalue weighted by Gasteiger charge is 2.50. The van der Waals surface area contributed by atoms with Crippen molar-refractivity contribution in [2.24, 2.45) is 5.92 Å². The standard InChI is InChI=1S/C19H35BO2/c1-18(2)19(3,4)22-20(21-18)16-15-17-13-11-9-7-5-6-8-10-12-14-17/h15-17H,5-14H2,1-4H3/b16-15+. The Hall–Kier alpha value is -0.275. The Morgan fingerprint density at radius 2 is 1.14 bits per heavy atom. The van der Waals surface area contributed by atoms with Crippen LogP contribution < -0.4 is 0 Å².